The summed E-state index contributed by atoms with van der Waals surface area (Å²) in [7, 11) is 0. The molecule has 0 N–H and O–H groups in total. The summed E-state index contributed by atoms with van der Waals surface area (Å²) in [5.41, 5.74) is 3.02. The summed E-state index contributed by atoms with van der Waals surface area (Å²) < 4.78 is 7.05. The van der Waals surface area contributed by atoms with Gasteiger partial charge in [0.25, 0.3) is 5.56 Å². The van der Waals surface area contributed by atoms with Crippen LogP contribution in [0.25, 0.3) is 0 Å². The topological polar surface area (TPSA) is 60.2 Å². The minimum atomic E-state index is -0.0300. The molecule has 0 aromatic carbocycles. The van der Waals surface area contributed by atoms with Gasteiger partial charge in [-0.3, -0.25) is 4.79 Å². The summed E-state index contributed by atoms with van der Waals surface area (Å²) in [6, 6.07) is 1.98. The number of aryl methyl sites for hydroxylation is 2. The van der Waals surface area contributed by atoms with Crippen molar-refractivity contribution >= 4 is 16.5 Å². The van der Waals surface area contributed by atoms with Crippen molar-refractivity contribution in [3.8, 4) is 0 Å². The summed E-state index contributed by atoms with van der Waals surface area (Å²) in [6.07, 6.45) is 3.00. The van der Waals surface area contributed by atoms with E-state index < -0.39 is 0 Å². The van der Waals surface area contributed by atoms with Gasteiger partial charge in [-0.05, 0) is 26.7 Å². The van der Waals surface area contributed by atoms with Gasteiger partial charge in [-0.1, -0.05) is 0 Å². The van der Waals surface area contributed by atoms with Gasteiger partial charge in [-0.25, -0.2) is 9.67 Å². The maximum absolute atomic E-state index is 12.4. The van der Waals surface area contributed by atoms with Crippen molar-refractivity contribution < 1.29 is 4.74 Å². The second-order valence-electron chi connectivity index (χ2n) is 6.57. The van der Waals surface area contributed by atoms with E-state index in [1.54, 1.807) is 22.1 Å². The van der Waals surface area contributed by atoms with Crippen LogP contribution in [0, 0.1) is 13.8 Å². The highest BCUT2D eigenvalue weighted by molar-refractivity contribution is 7.15. The summed E-state index contributed by atoms with van der Waals surface area (Å²) in [5.74, 6) is 0. The molecule has 24 heavy (non-hydrogen) atoms. The van der Waals surface area contributed by atoms with E-state index in [9.17, 15) is 4.79 Å². The van der Waals surface area contributed by atoms with Gasteiger partial charge in [0.15, 0.2) is 5.13 Å². The lowest BCUT2D eigenvalue weighted by Crippen LogP contribution is -2.38. The molecule has 4 rings (SSSR count). The number of thiazole rings is 1. The first-order valence-corrected chi connectivity index (χ1v) is 9.32. The molecular weight excluding hydrogens is 324 g/mol. The summed E-state index contributed by atoms with van der Waals surface area (Å²) in [5, 5.41) is 5.68. The van der Waals surface area contributed by atoms with Gasteiger partial charge in [0.05, 0.1) is 37.2 Å². The largest absolute Gasteiger partial charge is 0.376 e. The van der Waals surface area contributed by atoms with Crippen molar-refractivity contribution in [3.05, 3.63) is 38.2 Å². The minimum Gasteiger partial charge on any atom is -0.376 e. The first-order valence-electron chi connectivity index (χ1n) is 8.50. The number of aromatic nitrogens is 3. The number of ether oxygens (including phenoxy) is 1. The van der Waals surface area contributed by atoms with Crippen LogP contribution in [0.15, 0.2) is 10.9 Å². The SMILES string of the molecule is Cc1nc(N2CCCC2Cn2nc3c(cc2=O)COCC3)sc1C. The molecule has 0 radical (unpaired) electrons. The second-order valence-corrected chi connectivity index (χ2v) is 7.75. The minimum absolute atomic E-state index is 0.0300. The average Bonchev–Trinajstić information content (AvgIpc) is 3.15. The third kappa shape index (κ3) is 2.86. The number of hydrogen-bond acceptors (Lipinski definition) is 6. The molecule has 2 aliphatic heterocycles. The fraction of sp³-hybridized carbons (Fsp3) is 0.588. The molecule has 2 aromatic heterocycles. The zero-order chi connectivity index (χ0) is 16.7. The van der Waals surface area contributed by atoms with Gasteiger partial charge >= 0.3 is 0 Å². The van der Waals surface area contributed by atoms with Crippen LogP contribution in [-0.4, -0.2) is 34.0 Å². The first-order chi connectivity index (χ1) is 11.6. The van der Waals surface area contributed by atoms with Crippen LogP contribution < -0.4 is 10.5 Å². The zero-order valence-corrected chi connectivity index (χ0v) is 14.9. The lowest BCUT2D eigenvalue weighted by atomic mass is 10.1. The van der Waals surface area contributed by atoms with Crippen molar-refractivity contribution in [2.75, 3.05) is 18.1 Å². The van der Waals surface area contributed by atoms with Crippen LogP contribution in [0.4, 0.5) is 5.13 Å². The lowest BCUT2D eigenvalue weighted by Gasteiger charge is -2.25. The molecule has 1 unspecified atom stereocenters. The van der Waals surface area contributed by atoms with Gasteiger partial charge < -0.3 is 9.64 Å². The number of hydrogen-bond donors (Lipinski definition) is 0. The molecule has 2 aromatic rings. The Morgan fingerprint density at radius 2 is 2.29 bits per heavy atom. The molecule has 1 atom stereocenters. The molecule has 4 heterocycles. The predicted octanol–water partition coefficient (Wildman–Crippen LogP) is 2.06. The summed E-state index contributed by atoms with van der Waals surface area (Å²) >= 11 is 1.74. The van der Waals surface area contributed by atoms with Crippen LogP contribution in [0.3, 0.4) is 0 Å². The molecule has 1 saturated heterocycles. The first kappa shape index (κ1) is 15.8. The molecule has 0 aliphatic carbocycles. The number of nitrogens with zero attached hydrogens (tertiary/aromatic N) is 4. The Labute approximate surface area is 145 Å². The van der Waals surface area contributed by atoms with Crippen LogP contribution in [0.2, 0.25) is 0 Å². The number of fused-ring (bicyclic) bond motifs is 1. The van der Waals surface area contributed by atoms with Crippen molar-refractivity contribution in [2.24, 2.45) is 0 Å². The molecular formula is C17H22N4O2S. The van der Waals surface area contributed by atoms with Crippen molar-refractivity contribution in [1.29, 1.82) is 0 Å². The van der Waals surface area contributed by atoms with Crippen molar-refractivity contribution in [1.82, 2.24) is 14.8 Å². The second kappa shape index (κ2) is 6.29. The molecule has 0 spiro atoms. The molecule has 0 amide bonds. The normalized spacial score (nSPS) is 20.4. The lowest BCUT2D eigenvalue weighted by molar-refractivity contribution is 0.108. The van der Waals surface area contributed by atoms with Crippen LogP contribution >= 0.6 is 11.3 Å². The van der Waals surface area contributed by atoms with E-state index in [4.69, 9.17) is 9.72 Å². The summed E-state index contributed by atoms with van der Waals surface area (Å²) in [6.45, 7) is 6.99. The standard InChI is InChI=1S/C17H22N4O2S/c1-11-12(2)24-17(18-11)20-6-3-4-14(20)9-21-16(22)8-13-10-23-7-5-15(13)19-21/h8,14H,3-7,9-10H2,1-2H3. The monoisotopic (exact) mass is 346 g/mol. The van der Waals surface area contributed by atoms with E-state index in [2.05, 4.69) is 23.8 Å². The quantitative estimate of drug-likeness (QED) is 0.851. The highest BCUT2D eigenvalue weighted by Gasteiger charge is 2.28. The molecule has 128 valence electrons. The fourth-order valence-electron chi connectivity index (χ4n) is 3.44. The Morgan fingerprint density at radius 3 is 3.08 bits per heavy atom. The van der Waals surface area contributed by atoms with E-state index in [0.717, 1.165) is 47.9 Å². The third-order valence-electron chi connectivity index (χ3n) is 4.93. The van der Waals surface area contributed by atoms with E-state index in [0.29, 0.717) is 19.8 Å². The Morgan fingerprint density at radius 1 is 1.42 bits per heavy atom. The van der Waals surface area contributed by atoms with Gasteiger partial charge in [0.1, 0.15) is 0 Å². The Balaban J connectivity index is 1.59. The number of anilines is 1. The molecule has 7 heteroatoms. The highest BCUT2D eigenvalue weighted by atomic mass is 32.1. The molecule has 2 aliphatic rings. The van der Waals surface area contributed by atoms with Crippen LogP contribution in [-0.2, 0) is 24.3 Å². The summed E-state index contributed by atoms with van der Waals surface area (Å²) in [4.78, 5) is 20.7. The molecule has 0 saturated carbocycles. The zero-order valence-electron chi connectivity index (χ0n) is 14.1. The molecule has 0 bridgehead atoms. The van der Waals surface area contributed by atoms with Gasteiger partial charge in [-0.2, -0.15) is 5.10 Å². The van der Waals surface area contributed by atoms with E-state index in [1.807, 2.05) is 0 Å². The number of rotatable bonds is 3. The Kier molecular flexibility index (Phi) is 4.14. The Bertz CT molecular complexity index is 794. The maximum atomic E-state index is 12.4. The Hall–Kier alpha value is -1.73. The third-order valence-corrected chi connectivity index (χ3v) is 6.04. The molecule has 1 fully saturated rings. The average molecular weight is 346 g/mol. The maximum Gasteiger partial charge on any atom is 0.267 e. The van der Waals surface area contributed by atoms with Gasteiger partial charge in [-0.15, -0.1) is 11.3 Å². The smallest absolute Gasteiger partial charge is 0.267 e. The fourth-order valence-corrected chi connectivity index (χ4v) is 4.45. The van der Waals surface area contributed by atoms with E-state index in [-0.39, 0.29) is 11.6 Å². The predicted molar refractivity (Wildman–Crippen MR) is 93.8 cm³/mol. The van der Waals surface area contributed by atoms with Crippen LogP contribution in [0.5, 0.6) is 0 Å². The van der Waals surface area contributed by atoms with E-state index >= 15 is 0 Å². The van der Waals surface area contributed by atoms with E-state index in [1.165, 1.54) is 4.88 Å². The highest BCUT2D eigenvalue weighted by Crippen LogP contribution is 2.31. The van der Waals surface area contributed by atoms with Crippen molar-refractivity contribution in [3.63, 3.8) is 0 Å². The van der Waals surface area contributed by atoms with Gasteiger partial charge in [0.2, 0.25) is 0 Å². The van der Waals surface area contributed by atoms with Crippen LogP contribution in [0.1, 0.15) is 34.7 Å². The van der Waals surface area contributed by atoms with Crippen molar-refractivity contribution in [2.45, 2.75) is 52.3 Å². The van der Waals surface area contributed by atoms with Gasteiger partial charge in [0, 0.05) is 29.5 Å². The molecule has 6 nitrogen and oxygen atoms in total.